The van der Waals surface area contributed by atoms with Crippen molar-refractivity contribution in [3.8, 4) is 5.82 Å². The number of aromatic nitrogens is 4. The number of imidazole rings is 1. The van der Waals surface area contributed by atoms with E-state index in [1.54, 1.807) is 0 Å². The molecule has 22 heavy (non-hydrogen) atoms. The Hall–Kier alpha value is -3.30. The lowest BCUT2D eigenvalue weighted by Gasteiger charge is -2.12. The SMILES string of the molecule is CC(=O)c1nc(N)c(-n2cnc3c2N=C(N)CC3=O)nc1N. The first-order valence-electron chi connectivity index (χ1n) is 6.26. The van der Waals surface area contributed by atoms with Crippen LogP contribution in [0.2, 0.25) is 0 Å². The Morgan fingerprint density at radius 3 is 2.64 bits per heavy atom. The third-order valence-corrected chi connectivity index (χ3v) is 3.09. The first-order chi connectivity index (χ1) is 10.4. The predicted octanol–water partition coefficient (Wildman–Crippen LogP) is -0.396. The number of fused-ring (bicyclic) bond motifs is 1. The van der Waals surface area contributed by atoms with Gasteiger partial charge in [0.15, 0.2) is 46.2 Å². The minimum Gasteiger partial charge on any atom is -0.387 e. The van der Waals surface area contributed by atoms with E-state index in [4.69, 9.17) is 17.2 Å². The van der Waals surface area contributed by atoms with Crippen molar-refractivity contribution in [1.29, 1.82) is 0 Å². The van der Waals surface area contributed by atoms with Gasteiger partial charge < -0.3 is 17.2 Å². The Balaban J connectivity index is 2.21. The van der Waals surface area contributed by atoms with Crippen LogP contribution in [0.1, 0.15) is 34.3 Å². The van der Waals surface area contributed by atoms with Crippen LogP contribution in [0, 0.1) is 0 Å². The number of amidine groups is 1. The Morgan fingerprint density at radius 2 is 1.95 bits per heavy atom. The van der Waals surface area contributed by atoms with Crippen LogP contribution in [0.4, 0.5) is 17.5 Å². The molecule has 0 saturated carbocycles. The number of carbonyl (C=O) groups excluding carboxylic acids is 2. The summed E-state index contributed by atoms with van der Waals surface area (Å²) in [6.45, 7) is 1.31. The molecule has 0 bridgehead atoms. The summed E-state index contributed by atoms with van der Waals surface area (Å²) < 4.78 is 1.36. The van der Waals surface area contributed by atoms with Gasteiger partial charge in [0, 0.05) is 6.92 Å². The summed E-state index contributed by atoms with van der Waals surface area (Å²) in [6.07, 6.45) is 1.34. The molecule has 0 aliphatic carbocycles. The normalized spacial score (nSPS) is 13.7. The van der Waals surface area contributed by atoms with Crippen LogP contribution >= 0.6 is 0 Å². The van der Waals surface area contributed by atoms with E-state index in [9.17, 15) is 9.59 Å². The summed E-state index contributed by atoms with van der Waals surface area (Å²) in [5.74, 6) is -0.203. The highest BCUT2D eigenvalue weighted by molar-refractivity contribution is 6.13. The van der Waals surface area contributed by atoms with Gasteiger partial charge in [0.05, 0.1) is 6.42 Å². The van der Waals surface area contributed by atoms with E-state index < -0.39 is 0 Å². The molecule has 10 nitrogen and oxygen atoms in total. The first kappa shape index (κ1) is 13.7. The maximum absolute atomic E-state index is 11.9. The van der Waals surface area contributed by atoms with Crippen LogP contribution in [0.15, 0.2) is 11.3 Å². The van der Waals surface area contributed by atoms with E-state index in [1.165, 1.54) is 17.8 Å². The van der Waals surface area contributed by atoms with Gasteiger partial charge in [-0.1, -0.05) is 0 Å². The summed E-state index contributed by atoms with van der Waals surface area (Å²) in [5, 5.41) is 0. The number of nitrogen functional groups attached to an aromatic ring is 2. The van der Waals surface area contributed by atoms with Gasteiger partial charge in [-0.3, -0.25) is 14.2 Å². The summed E-state index contributed by atoms with van der Waals surface area (Å²) in [5.41, 5.74) is 17.3. The number of rotatable bonds is 2. The number of ketones is 2. The van der Waals surface area contributed by atoms with Crippen LogP contribution in [0.3, 0.4) is 0 Å². The number of carbonyl (C=O) groups is 2. The molecule has 3 rings (SSSR count). The number of aliphatic imine (C=N–C) groups is 1. The molecular formula is C12H12N8O2. The molecule has 112 valence electrons. The van der Waals surface area contributed by atoms with E-state index in [1.807, 2.05) is 0 Å². The number of nitrogens with zero attached hydrogens (tertiary/aromatic N) is 5. The second kappa shape index (κ2) is 4.62. The lowest BCUT2D eigenvalue weighted by atomic mass is 10.1. The third-order valence-electron chi connectivity index (χ3n) is 3.09. The third kappa shape index (κ3) is 1.97. The lowest BCUT2D eigenvalue weighted by molar-refractivity contribution is 0.0991. The largest absolute Gasteiger partial charge is 0.387 e. The van der Waals surface area contributed by atoms with Crippen molar-refractivity contribution in [2.45, 2.75) is 13.3 Å². The molecule has 0 unspecified atom stereocenters. The standard InChI is InChI=1S/C12H12N8O2/c1-4(21)7-9(14)19-12(10(15)18-7)20-3-16-8-5(22)2-6(13)17-11(8)20/h3H,2H2,1H3,(H2,13,17)(H2,14,19)(H2,15,18). The van der Waals surface area contributed by atoms with Crippen molar-refractivity contribution in [1.82, 2.24) is 19.5 Å². The highest BCUT2D eigenvalue weighted by Gasteiger charge is 2.26. The lowest BCUT2D eigenvalue weighted by Crippen LogP contribution is -2.21. The summed E-state index contributed by atoms with van der Waals surface area (Å²) >= 11 is 0. The number of anilines is 2. The molecule has 0 amide bonds. The maximum Gasteiger partial charge on any atom is 0.192 e. The zero-order valence-electron chi connectivity index (χ0n) is 11.6. The molecule has 10 heteroatoms. The summed E-state index contributed by atoms with van der Waals surface area (Å²) in [6, 6.07) is 0. The molecule has 0 fully saturated rings. The van der Waals surface area contributed by atoms with Crippen LogP contribution in [0.5, 0.6) is 0 Å². The molecule has 1 aliphatic heterocycles. The number of nitrogens with two attached hydrogens (primary N) is 3. The molecule has 2 aromatic rings. The van der Waals surface area contributed by atoms with Gasteiger partial charge >= 0.3 is 0 Å². The number of Topliss-reactive ketones (excluding diaryl/α,β-unsaturated/α-hetero) is 2. The fraction of sp³-hybridized carbons (Fsp3) is 0.167. The molecule has 6 N–H and O–H groups in total. The molecule has 0 aromatic carbocycles. The second-order valence-electron chi connectivity index (χ2n) is 4.71. The molecule has 3 heterocycles. The first-order valence-corrected chi connectivity index (χ1v) is 6.26. The van der Waals surface area contributed by atoms with Crippen molar-refractivity contribution in [2.75, 3.05) is 11.5 Å². The molecule has 0 spiro atoms. The highest BCUT2D eigenvalue weighted by atomic mass is 16.1. The van der Waals surface area contributed by atoms with Gasteiger partial charge in [-0.05, 0) is 0 Å². The topological polar surface area (TPSA) is 168 Å². The second-order valence-corrected chi connectivity index (χ2v) is 4.71. The summed E-state index contributed by atoms with van der Waals surface area (Å²) in [4.78, 5) is 39.4. The van der Waals surface area contributed by atoms with Gasteiger partial charge in [-0.25, -0.2) is 19.9 Å². The molecular weight excluding hydrogens is 288 g/mol. The maximum atomic E-state index is 11.9. The number of hydrogen-bond donors (Lipinski definition) is 3. The Kier molecular flexibility index (Phi) is 2.87. The predicted molar refractivity (Wildman–Crippen MR) is 78.2 cm³/mol. The fourth-order valence-corrected chi connectivity index (χ4v) is 2.11. The van der Waals surface area contributed by atoms with Gasteiger partial charge in [0.25, 0.3) is 0 Å². The molecule has 1 aliphatic rings. The average Bonchev–Trinajstić information content (AvgIpc) is 2.84. The van der Waals surface area contributed by atoms with Crippen molar-refractivity contribution in [2.24, 2.45) is 10.7 Å². The Labute approximate surface area is 124 Å². The van der Waals surface area contributed by atoms with E-state index in [0.717, 1.165) is 0 Å². The van der Waals surface area contributed by atoms with Crippen molar-refractivity contribution >= 4 is 34.9 Å². The molecule has 0 radical (unpaired) electrons. The summed E-state index contributed by atoms with van der Waals surface area (Å²) in [7, 11) is 0. The smallest absolute Gasteiger partial charge is 0.192 e. The van der Waals surface area contributed by atoms with Gasteiger partial charge in [0.1, 0.15) is 12.2 Å². The van der Waals surface area contributed by atoms with E-state index in [0.29, 0.717) is 0 Å². The average molecular weight is 300 g/mol. The Morgan fingerprint density at radius 1 is 1.23 bits per heavy atom. The van der Waals surface area contributed by atoms with E-state index in [2.05, 4.69) is 19.9 Å². The Bertz CT molecular complexity index is 851. The van der Waals surface area contributed by atoms with Crippen LogP contribution in [-0.2, 0) is 0 Å². The van der Waals surface area contributed by atoms with E-state index in [-0.39, 0.29) is 58.5 Å². The van der Waals surface area contributed by atoms with Crippen molar-refractivity contribution in [3.63, 3.8) is 0 Å². The highest BCUT2D eigenvalue weighted by Crippen LogP contribution is 2.29. The van der Waals surface area contributed by atoms with Gasteiger partial charge in [-0.15, -0.1) is 0 Å². The van der Waals surface area contributed by atoms with Crippen molar-refractivity contribution in [3.05, 3.63) is 17.7 Å². The molecule has 0 saturated heterocycles. The zero-order valence-corrected chi connectivity index (χ0v) is 11.6. The number of hydrogen-bond acceptors (Lipinski definition) is 9. The molecule has 0 atom stereocenters. The van der Waals surface area contributed by atoms with Gasteiger partial charge in [-0.2, -0.15) is 0 Å². The van der Waals surface area contributed by atoms with Crippen LogP contribution in [0.25, 0.3) is 5.82 Å². The van der Waals surface area contributed by atoms with Gasteiger partial charge in [0.2, 0.25) is 0 Å². The minimum absolute atomic E-state index is 0.0105. The van der Waals surface area contributed by atoms with Crippen molar-refractivity contribution < 1.29 is 9.59 Å². The fourth-order valence-electron chi connectivity index (χ4n) is 2.11. The van der Waals surface area contributed by atoms with E-state index >= 15 is 0 Å². The van der Waals surface area contributed by atoms with Crippen LogP contribution in [-0.4, -0.2) is 36.9 Å². The zero-order chi connectivity index (χ0) is 16.0. The molecule has 2 aromatic heterocycles. The quantitative estimate of drug-likeness (QED) is 0.629. The van der Waals surface area contributed by atoms with Crippen LogP contribution < -0.4 is 17.2 Å². The monoisotopic (exact) mass is 300 g/mol. The minimum atomic E-state index is -0.353.